The quantitative estimate of drug-likeness (QED) is 0.497. The van der Waals surface area contributed by atoms with Crippen LogP contribution in [0.4, 0.5) is 5.69 Å². The van der Waals surface area contributed by atoms with E-state index >= 15 is 0 Å². The second kappa shape index (κ2) is 3.13. The highest BCUT2D eigenvalue weighted by molar-refractivity contribution is 5.94. The molecule has 0 fully saturated rings. The molecule has 0 amide bonds. The Morgan fingerprint density at radius 1 is 1.36 bits per heavy atom. The van der Waals surface area contributed by atoms with Crippen LogP contribution >= 0.6 is 0 Å². The molecule has 3 heteroatoms. The zero-order chi connectivity index (χ0) is 10.1. The van der Waals surface area contributed by atoms with Gasteiger partial charge in [-0.05, 0) is 13.0 Å². The summed E-state index contributed by atoms with van der Waals surface area (Å²) < 4.78 is 2.02. The van der Waals surface area contributed by atoms with Gasteiger partial charge in [0.25, 0.3) is 0 Å². The van der Waals surface area contributed by atoms with Gasteiger partial charge in [0.1, 0.15) is 5.69 Å². The van der Waals surface area contributed by atoms with Crippen molar-refractivity contribution in [2.45, 2.75) is 6.92 Å². The lowest BCUT2D eigenvalue weighted by Gasteiger charge is -1.96. The summed E-state index contributed by atoms with van der Waals surface area (Å²) in [4.78, 5) is 14.0. The first-order valence-corrected chi connectivity index (χ1v) is 4.37. The third-order valence-electron chi connectivity index (χ3n) is 2.52. The molecule has 0 unspecified atom stereocenters. The molecule has 70 valence electrons. The standard InChI is InChI=1S/C11H10N2O/c1-8-11(12-7-14)9-5-3-4-6-10(9)13(8)2/h3-6H,1-2H3. The van der Waals surface area contributed by atoms with Crippen molar-refractivity contribution in [1.82, 2.24) is 4.57 Å². The fourth-order valence-electron chi connectivity index (χ4n) is 1.69. The van der Waals surface area contributed by atoms with Crippen LogP contribution in [0.1, 0.15) is 5.69 Å². The molecule has 0 aliphatic carbocycles. The number of carbonyl (C=O) groups excluding carboxylic acids is 1. The van der Waals surface area contributed by atoms with E-state index in [-0.39, 0.29) is 0 Å². The van der Waals surface area contributed by atoms with Gasteiger partial charge in [-0.3, -0.25) is 0 Å². The van der Waals surface area contributed by atoms with Gasteiger partial charge in [0.15, 0.2) is 0 Å². The second-order valence-electron chi connectivity index (χ2n) is 3.21. The van der Waals surface area contributed by atoms with Crippen LogP contribution in [0, 0.1) is 6.92 Å². The average Bonchev–Trinajstić information content (AvgIpc) is 2.45. The number of para-hydroxylation sites is 1. The van der Waals surface area contributed by atoms with E-state index in [9.17, 15) is 4.79 Å². The van der Waals surface area contributed by atoms with E-state index in [0.29, 0.717) is 0 Å². The van der Waals surface area contributed by atoms with E-state index in [4.69, 9.17) is 0 Å². The van der Waals surface area contributed by atoms with E-state index in [1.165, 1.54) is 0 Å². The molecule has 14 heavy (non-hydrogen) atoms. The number of rotatable bonds is 1. The first-order valence-electron chi connectivity index (χ1n) is 4.37. The highest BCUT2D eigenvalue weighted by Crippen LogP contribution is 2.31. The Hall–Kier alpha value is -1.86. The van der Waals surface area contributed by atoms with Gasteiger partial charge in [0, 0.05) is 18.1 Å². The number of fused-ring (bicyclic) bond motifs is 1. The zero-order valence-electron chi connectivity index (χ0n) is 8.11. The van der Waals surface area contributed by atoms with E-state index in [0.717, 1.165) is 22.3 Å². The number of isocyanates is 1. The fourth-order valence-corrected chi connectivity index (χ4v) is 1.69. The van der Waals surface area contributed by atoms with Crippen molar-refractivity contribution in [3.8, 4) is 0 Å². The molecule has 3 nitrogen and oxygen atoms in total. The number of hydrogen-bond acceptors (Lipinski definition) is 2. The lowest BCUT2D eigenvalue weighted by molar-refractivity contribution is 0.565. The Balaban J connectivity index is 2.94. The van der Waals surface area contributed by atoms with Crippen LogP contribution in [-0.2, 0) is 11.8 Å². The van der Waals surface area contributed by atoms with Gasteiger partial charge in [-0.1, -0.05) is 18.2 Å². The molecule has 0 saturated carbocycles. The van der Waals surface area contributed by atoms with Crippen LogP contribution in [-0.4, -0.2) is 10.6 Å². The largest absolute Gasteiger partial charge is 0.346 e. The molecule has 0 atom stereocenters. The zero-order valence-corrected chi connectivity index (χ0v) is 8.11. The third-order valence-corrected chi connectivity index (χ3v) is 2.52. The van der Waals surface area contributed by atoms with Crippen molar-refractivity contribution in [2.75, 3.05) is 0 Å². The molecule has 1 aromatic heterocycles. The summed E-state index contributed by atoms with van der Waals surface area (Å²) in [5, 5.41) is 0.996. The van der Waals surface area contributed by atoms with Crippen molar-refractivity contribution in [2.24, 2.45) is 12.0 Å². The van der Waals surface area contributed by atoms with Crippen LogP contribution in [0.15, 0.2) is 29.3 Å². The monoisotopic (exact) mass is 186 g/mol. The average molecular weight is 186 g/mol. The van der Waals surface area contributed by atoms with Crippen LogP contribution in [0.5, 0.6) is 0 Å². The van der Waals surface area contributed by atoms with Crippen molar-refractivity contribution in [1.29, 1.82) is 0 Å². The Labute approximate surface area is 81.7 Å². The Morgan fingerprint density at radius 2 is 2.07 bits per heavy atom. The van der Waals surface area contributed by atoms with Gasteiger partial charge in [-0.2, -0.15) is 4.99 Å². The predicted octanol–water partition coefficient (Wildman–Crippen LogP) is 2.45. The van der Waals surface area contributed by atoms with Crippen molar-refractivity contribution < 1.29 is 4.79 Å². The van der Waals surface area contributed by atoms with Gasteiger partial charge in [0.05, 0.1) is 5.52 Å². The summed E-state index contributed by atoms with van der Waals surface area (Å²) in [6, 6.07) is 7.87. The number of aryl methyl sites for hydroxylation is 1. The maximum absolute atomic E-state index is 10.3. The van der Waals surface area contributed by atoms with E-state index in [2.05, 4.69) is 4.99 Å². The molecule has 0 aliphatic rings. The van der Waals surface area contributed by atoms with E-state index < -0.39 is 0 Å². The topological polar surface area (TPSA) is 34.4 Å². The summed E-state index contributed by atoms with van der Waals surface area (Å²) in [5.74, 6) is 0. The molecule has 0 saturated heterocycles. The molecule has 0 radical (unpaired) electrons. The minimum atomic E-state index is 0.720. The normalized spacial score (nSPS) is 10.1. The van der Waals surface area contributed by atoms with Gasteiger partial charge in [0.2, 0.25) is 6.08 Å². The first-order chi connectivity index (χ1) is 6.75. The molecule has 1 heterocycles. The van der Waals surface area contributed by atoms with Gasteiger partial charge in [-0.15, -0.1) is 0 Å². The SMILES string of the molecule is Cc1c(N=C=O)c2ccccc2n1C. The minimum Gasteiger partial charge on any atom is -0.346 e. The maximum atomic E-state index is 10.3. The maximum Gasteiger partial charge on any atom is 0.240 e. The highest BCUT2D eigenvalue weighted by Gasteiger charge is 2.09. The molecule has 0 spiro atoms. The van der Waals surface area contributed by atoms with Crippen LogP contribution in [0.25, 0.3) is 10.9 Å². The fraction of sp³-hybridized carbons (Fsp3) is 0.182. The van der Waals surface area contributed by atoms with Crippen LogP contribution < -0.4 is 0 Å². The minimum absolute atomic E-state index is 0.720. The number of aromatic nitrogens is 1. The number of nitrogens with zero attached hydrogens (tertiary/aromatic N) is 2. The summed E-state index contributed by atoms with van der Waals surface area (Å²) in [5.41, 5.74) is 2.78. The second-order valence-corrected chi connectivity index (χ2v) is 3.21. The lowest BCUT2D eigenvalue weighted by atomic mass is 10.2. The molecular weight excluding hydrogens is 176 g/mol. The number of aliphatic imine (C=N–C) groups is 1. The number of hydrogen-bond donors (Lipinski definition) is 0. The van der Waals surface area contributed by atoms with Crippen molar-refractivity contribution >= 4 is 22.7 Å². The highest BCUT2D eigenvalue weighted by atomic mass is 16.1. The van der Waals surface area contributed by atoms with Crippen molar-refractivity contribution in [3.63, 3.8) is 0 Å². The lowest BCUT2D eigenvalue weighted by Crippen LogP contribution is -1.88. The molecule has 0 bridgehead atoms. The number of benzene rings is 1. The summed E-state index contributed by atoms with van der Waals surface area (Å²) in [7, 11) is 1.96. The Kier molecular flexibility index (Phi) is 1.95. The van der Waals surface area contributed by atoms with Crippen LogP contribution in [0.3, 0.4) is 0 Å². The van der Waals surface area contributed by atoms with Gasteiger partial charge < -0.3 is 4.57 Å². The Bertz CT molecular complexity index is 533. The van der Waals surface area contributed by atoms with Gasteiger partial charge in [-0.25, -0.2) is 4.79 Å². The summed E-state index contributed by atoms with van der Waals surface area (Å²) in [6.07, 6.45) is 1.59. The smallest absolute Gasteiger partial charge is 0.240 e. The molecular formula is C11H10N2O. The van der Waals surface area contributed by atoms with E-state index in [1.54, 1.807) is 6.08 Å². The predicted molar refractivity (Wildman–Crippen MR) is 55.4 cm³/mol. The van der Waals surface area contributed by atoms with Gasteiger partial charge >= 0.3 is 0 Å². The summed E-state index contributed by atoms with van der Waals surface area (Å²) in [6.45, 7) is 1.94. The van der Waals surface area contributed by atoms with E-state index in [1.807, 2.05) is 42.8 Å². The summed E-state index contributed by atoms with van der Waals surface area (Å²) >= 11 is 0. The third kappa shape index (κ3) is 1.07. The first kappa shape index (κ1) is 8.73. The molecule has 1 aromatic carbocycles. The molecule has 0 aliphatic heterocycles. The molecule has 0 N–H and O–H groups in total. The molecule has 2 aromatic rings. The Morgan fingerprint density at radius 3 is 2.79 bits per heavy atom. The van der Waals surface area contributed by atoms with Crippen LogP contribution in [0.2, 0.25) is 0 Å². The van der Waals surface area contributed by atoms with Crippen molar-refractivity contribution in [3.05, 3.63) is 30.0 Å². The molecule has 2 rings (SSSR count).